The van der Waals surface area contributed by atoms with Gasteiger partial charge in [-0.05, 0) is 5.57 Å². The normalized spacial score (nSPS) is 22.3. The number of carbonyl (C=O) groups is 4. The van der Waals surface area contributed by atoms with E-state index in [-0.39, 0.29) is 27.0 Å². The topological polar surface area (TPSA) is 163 Å². The Morgan fingerprint density at radius 3 is 2.72 bits per heavy atom. The molecule has 0 spiro atoms. The van der Waals surface area contributed by atoms with Crippen LogP contribution in [0.4, 0.5) is 5.13 Å². The number of β-lactam (4-membered cyclic amide) rings is 1. The number of fused-ring (bicyclic) bond motifs is 1. The average molecular weight is 384 g/mol. The highest BCUT2D eigenvalue weighted by Gasteiger charge is 2.54. The number of nitrogen functional groups attached to an aromatic ring is 1. The molecule has 1 saturated heterocycles. The molecule has 1 fully saturated rings. The maximum Gasteiger partial charge on any atom is 0.352 e. The fourth-order valence-electron chi connectivity index (χ4n) is 2.52. The van der Waals surface area contributed by atoms with E-state index in [1.165, 1.54) is 18.0 Å². The number of ketones is 1. The number of aliphatic hydroxyl groups excluding tert-OH is 1. The molecule has 0 aliphatic carbocycles. The minimum atomic E-state index is -1.33. The zero-order valence-electron chi connectivity index (χ0n) is 12.5. The van der Waals surface area contributed by atoms with Gasteiger partial charge >= 0.3 is 5.97 Å². The van der Waals surface area contributed by atoms with Crippen molar-refractivity contribution in [1.82, 2.24) is 15.2 Å². The molecule has 2 aliphatic heterocycles. The zero-order chi connectivity index (χ0) is 18.3. The molecule has 0 aromatic carbocycles. The number of Topliss-reactive ketones (excluding diaryl/α,β-unsaturated/α-hetero) is 1. The van der Waals surface area contributed by atoms with Crippen LogP contribution in [-0.4, -0.2) is 67.4 Å². The van der Waals surface area contributed by atoms with Gasteiger partial charge in [-0.15, -0.1) is 11.8 Å². The molecule has 132 valence electrons. The lowest BCUT2D eigenvalue weighted by molar-refractivity contribution is -0.150. The molecule has 25 heavy (non-hydrogen) atoms. The van der Waals surface area contributed by atoms with Gasteiger partial charge in [0.15, 0.2) is 5.13 Å². The highest BCUT2D eigenvalue weighted by Crippen LogP contribution is 2.40. The summed E-state index contributed by atoms with van der Waals surface area (Å²) in [6.07, 6.45) is 1.17. The Labute approximate surface area is 148 Å². The number of carboxylic acid groups (broad SMARTS) is 1. The number of thioether (sulfide) groups is 1. The monoisotopic (exact) mass is 384 g/mol. The van der Waals surface area contributed by atoms with Gasteiger partial charge in [0.1, 0.15) is 22.0 Å². The van der Waals surface area contributed by atoms with Crippen LogP contribution in [-0.2, 0) is 14.4 Å². The number of carboxylic acids is 1. The Morgan fingerprint density at radius 2 is 2.16 bits per heavy atom. The van der Waals surface area contributed by atoms with E-state index in [9.17, 15) is 29.4 Å². The number of carbonyl (C=O) groups excluding carboxylic acids is 3. The average Bonchev–Trinajstić information content (AvgIpc) is 3.03. The number of nitrogens with one attached hydrogen (secondary N) is 1. The lowest BCUT2D eigenvalue weighted by Gasteiger charge is -2.49. The van der Waals surface area contributed by atoms with Crippen molar-refractivity contribution in [2.24, 2.45) is 0 Å². The Hall–Kier alpha value is -2.44. The van der Waals surface area contributed by atoms with Crippen molar-refractivity contribution in [2.75, 3.05) is 18.1 Å². The highest BCUT2D eigenvalue weighted by molar-refractivity contribution is 8.00. The Balaban J connectivity index is 1.74. The van der Waals surface area contributed by atoms with Crippen LogP contribution >= 0.6 is 23.1 Å². The first-order valence-electron chi connectivity index (χ1n) is 6.92. The summed E-state index contributed by atoms with van der Waals surface area (Å²) >= 11 is 2.05. The van der Waals surface area contributed by atoms with Gasteiger partial charge in [0, 0.05) is 5.75 Å². The van der Waals surface area contributed by atoms with Gasteiger partial charge in [0.2, 0.25) is 0 Å². The SMILES string of the molecule is Nc1ncc(C(=O)C(=O)NC2C(=O)N3C(C(=O)O)=C(CO)CSC23)s1. The van der Waals surface area contributed by atoms with Crippen molar-refractivity contribution in [3.8, 4) is 0 Å². The third-order valence-electron chi connectivity index (χ3n) is 3.68. The Kier molecular flexibility index (Phi) is 4.49. The molecule has 3 heterocycles. The predicted octanol–water partition coefficient (Wildman–Crippen LogP) is -1.36. The maximum absolute atomic E-state index is 12.2. The molecule has 0 saturated carbocycles. The van der Waals surface area contributed by atoms with Crippen molar-refractivity contribution >= 4 is 51.8 Å². The van der Waals surface area contributed by atoms with Crippen molar-refractivity contribution in [3.63, 3.8) is 0 Å². The van der Waals surface area contributed by atoms with Gasteiger partial charge in [-0.2, -0.15) is 0 Å². The number of aliphatic hydroxyl groups is 1. The minimum Gasteiger partial charge on any atom is -0.477 e. The van der Waals surface area contributed by atoms with Gasteiger partial charge in [-0.25, -0.2) is 9.78 Å². The molecule has 1 aromatic heterocycles. The van der Waals surface area contributed by atoms with Crippen molar-refractivity contribution in [3.05, 3.63) is 22.3 Å². The second kappa shape index (κ2) is 6.46. The molecular weight excluding hydrogens is 372 g/mol. The van der Waals surface area contributed by atoms with Crippen LogP contribution in [0.2, 0.25) is 0 Å². The summed E-state index contributed by atoms with van der Waals surface area (Å²) in [4.78, 5) is 52.4. The molecule has 12 heteroatoms. The summed E-state index contributed by atoms with van der Waals surface area (Å²) in [6, 6.07) is -1.01. The van der Waals surface area contributed by atoms with Crippen molar-refractivity contribution < 1.29 is 29.4 Å². The molecule has 0 radical (unpaired) electrons. The highest BCUT2D eigenvalue weighted by atomic mass is 32.2. The third-order valence-corrected chi connectivity index (χ3v) is 5.85. The van der Waals surface area contributed by atoms with E-state index in [4.69, 9.17) is 5.73 Å². The molecule has 2 amide bonds. The molecule has 3 rings (SSSR count). The molecule has 5 N–H and O–H groups in total. The fourth-order valence-corrected chi connectivity index (χ4v) is 4.47. The first-order chi connectivity index (χ1) is 11.8. The fraction of sp³-hybridized carbons (Fsp3) is 0.308. The lowest BCUT2D eigenvalue weighted by Crippen LogP contribution is -2.71. The quantitative estimate of drug-likeness (QED) is 0.273. The molecule has 2 unspecified atom stereocenters. The van der Waals surface area contributed by atoms with Gasteiger partial charge in [0.05, 0.1) is 12.8 Å². The number of hydrogen-bond donors (Lipinski definition) is 4. The Morgan fingerprint density at radius 1 is 1.44 bits per heavy atom. The number of nitrogens with zero attached hydrogens (tertiary/aromatic N) is 2. The van der Waals surface area contributed by atoms with Crippen LogP contribution in [0.5, 0.6) is 0 Å². The van der Waals surface area contributed by atoms with Crippen molar-refractivity contribution in [2.45, 2.75) is 11.4 Å². The van der Waals surface area contributed by atoms with E-state index in [1.807, 2.05) is 0 Å². The van der Waals surface area contributed by atoms with E-state index in [2.05, 4.69) is 10.3 Å². The van der Waals surface area contributed by atoms with Gasteiger partial charge in [-0.3, -0.25) is 19.3 Å². The smallest absolute Gasteiger partial charge is 0.352 e. The van der Waals surface area contributed by atoms with E-state index in [0.29, 0.717) is 0 Å². The molecular formula is C13H12N4O6S2. The first kappa shape index (κ1) is 17.4. The molecule has 0 bridgehead atoms. The first-order valence-corrected chi connectivity index (χ1v) is 8.79. The number of amides is 2. The number of thiazole rings is 1. The predicted molar refractivity (Wildman–Crippen MR) is 87.6 cm³/mol. The number of rotatable bonds is 5. The third kappa shape index (κ3) is 2.88. The second-order valence-electron chi connectivity index (χ2n) is 5.17. The summed E-state index contributed by atoms with van der Waals surface area (Å²) < 4.78 is 0. The van der Waals surface area contributed by atoms with Crippen molar-refractivity contribution in [1.29, 1.82) is 0 Å². The molecule has 2 atom stereocenters. The van der Waals surface area contributed by atoms with Crippen LogP contribution < -0.4 is 11.1 Å². The van der Waals surface area contributed by atoms with Crippen LogP contribution in [0.25, 0.3) is 0 Å². The van der Waals surface area contributed by atoms with Gasteiger partial charge in [-0.1, -0.05) is 11.3 Å². The van der Waals surface area contributed by atoms with Crippen LogP contribution in [0, 0.1) is 0 Å². The summed E-state index contributed by atoms with van der Waals surface area (Å²) in [5.74, 6) is -3.63. The van der Waals surface area contributed by atoms with Crippen LogP contribution in [0.1, 0.15) is 9.67 Å². The minimum absolute atomic E-state index is 0.0450. The number of anilines is 1. The van der Waals surface area contributed by atoms with Crippen LogP contribution in [0.3, 0.4) is 0 Å². The van der Waals surface area contributed by atoms with E-state index in [1.54, 1.807) is 0 Å². The largest absolute Gasteiger partial charge is 0.477 e. The van der Waals surface area contributed by atoms with E-state index < -0.39 is 41.6 Å². The molecule has 2 aliphatic rings. The zero-order valence-corrected chi connectivity index (χ0v) is 14.1. The van der Waals surface area contributed by atoms with Gasteiger partial charge < -0.3 is 21.3 Å². The summed E-state index contributed by atoms with van der Waals surface area (Å²) in [5, 5.41) is 20.3. The summed E-state index contributed by atoms with van der Waals surface area (Å²) in [7, 11) is 0. The summed E-state index contributed by atoms with van der Waals surface area (Å²) in [5.41, 5.74) is 5.36. The standard InChI is InChI=1S/C13H12N4O6S2/c14-13-15-1-5(25-13)8(19)9(20)16-6-10(21)17-7(12(22)23)4(2-18)3-24-11(6)17/h1,6,11,18H,2-3H2,(H2,14,15)(H,16,20)(H,22,23). The van der Waals surface area contributed by atoms with Crippen LogP contribution in [0.15, 0.2) is 17.5 Å². The van der Waals surface area contributed by atoms with E-state index in [0.717, 1.165) is 16.2 Å². The van der Waals surface area contributed by atoms with Gasteiger partial charge in [0.25, 0.3) is 17.6 Å². The number of aromatic nitrogens is 1. The number of nitrogens with two attached hydrogens (primary N) is 1. The lowest BCUT2D eigenvalue weighted by atomic mass is 10.0. The second-order valence-corrected chi connectivity index (χ2v) is 7.34. The molecule has 10 nitrogen and oxygen atoms in total. The Bertz CT molecular complexity index is 819. The molecule has 1 aromatic rings. The van der Waals surface area contributed by atoms with E-state index >= 15 is 0 Å². The summed E-state index contributed by atoms with van der Waals surface area (Å²) in [6.45, 7) is -0.479. The maximum atomic E-state index is 12.2. The number of hydrogen-bond acceptors (Lipinski definition) is 9. The number of aliphatic carboxylic acids is 1.